The van der Waals surface area contributed by atoms with Crippen LogP contribution in [0.1, 0.15) is 19.8 Å². The van der Waals surface area contributed by atoms with E-state index in [9.17, 15) is 4.21 Å². The van der Waals surface area contributed by atoms with E-state index in [1.807, 2.05) is 6.92 Å². The maximum Gasteiger partial charge on any atom is 0.0894 e. The molecule has 0 fully saturated rings. The van der Waals surface area contributed by atoms with Crippen LogP contribution in [0.15, 0.2) is 0 Å². The van der Waals surface area contributed by atoms with E-state index < -0.39 is 11.0 Å². The Kier molecular flexibility index (Phi) is 5.27. The highest BCUT2D eigenvalue weighted by molar-refractivity contribution is 7.82. The molecule has 0 aromatic heterocycles. The summed E-state index contributed by atoms with van der Waals surface area (Å²) in [5.74, 6) is 2.53. The van der Waals surface area contributed by atoms with Gasteiger partial charge in [-0.3, -0.25) is 0 Å². The first-order chi connectivity index (χ1) is 4.70. The average Bonchev–Trinajstić information content (AvgIpc) is 1.86. The van der Waals surface area contributed by atoms with E-state index in [1.54, 1.807) is 6.26 Å². The predicted molar refractivity (Wildman–Crippen MR) is 44.7 cm³/mol. The van der Waals surface area contributed by atoms with Crippen LogP contribution in [-0.4, -0.2) is 16.5 Å². The number of hydrogen-bond donors (Lipinski definition) is 1. The number of terminal acetylenes is 1. The summed E-state index contributed by atoms with van der Waals surface area (Å²) >= 11 is 0. The molecular weight excluding hydrogens is 146 g/mol. The summed E-state index contributed by atoms with van der Waals surface area (Å²) in [6, 6.07) is -0.0316. The monoisotopic (exact) mass is 159 g/mol. The standard InChI is InChI=1S/C7H13NOS/c1-4-6-7(5-2)8-10(3)9/h2,7-8H,4,6H2,1,3H3. The molecule has 0 aliphatic carbocycles. The summed E-state index contributed by atoms with van der Waals surface area (Å²) in [5.41, 5.74) is 0. The predicted octanol–water partition coefficient (Wildman–Crippen LogP) is 0.671. The van der Waals surface area contributed by atoms with Crippen LogP contribution in [0.5, 0.6) is 0 Å². The largest absolute Gasteiger partial charge is 0.243 e. The smallest absolute Gasteiger partial charge is 0.0894 e. The molecule has 2 nitrogen and oxygen atoms in total. The normalized spacial score (nSPS) is 15.7. The molecular formula is C7H13NOS. The second kappa shape index (κ2) is 5.45. The van der Waals surface area contributed by atoms with E-state index in [4.69, 9.17) is 6.42 Å². The Morgan fingerprint density at radius 2 is 2.40 bits per heavy atom. The van der Waals surface area contributed by atoms with Crippen molar-refractivity contribution in [2.45, 2.75) is 25.8 Å². The highest BCUT2D eigenvalue weighted by Gasteiger charge is 2.02. The molecule has 0 aliphatic rings. The lowest BCUT2D eigenvalue weighted by atomic mass is 10.2. The average molecular weight is 159 g/mol. The van der Waals surface area contributed by atoms with E-state index in [0.29, 0.717) is 0 Å². The van der Waals surface area contributed by atoms with Crippen LogP contribution in [0, 0.1) is 12.3 Å². The van der Waals surface area contributed by atoms with Gasteiger partial charge in [0.25, 0.3) is 0 Å². The molecule has 2 unspecified atom stereocenters. The quantitative estimate of drug-likeness (QED) is 0.600. The maximum absolute atomic E-state index is 10.6. The van der Waals surface area contributed by atoms with E-state index in [2.05, 4.69) is 10.6 Å². The fourth-order valence-electron chi connectivity index (χ4n) is 0.665. The summed E-state index contributed by atoms with van der Waals surface area (Å²) in [5, 5.41) is 0. The van der Waals surface area contributed by atoms with Gasteiger partial charge < -0.3 is 0 Å². The van der Waals surface area contributed by atoms with Crippen molar-refractivity contribution in [3.8, 4) is 12.3 Å². The van der Waals surface area contributed by atoms with Gasteiger partial charge in [-0.25, -0.2) is 8.93 Å². The van der Waals surface area contributed by atoms with Crippen molar-refractivity contribution < 1.29 is 4.21 Å². The Balaban J connectivity index is 3.63. The van der Waals surface area contributed by atoms with E-state index in [1.165, 1.54) is 0 Å². The Morgan fingerprint density at radius 3 is 2.70 bits per heavy atom. The summed E-state index contributed by atoms with van der Waals surface area (Å²) in [6.45, 7) is 2.05. The molecule has 0 aliphatic heterocycles. The highest BCUT2D eigenvalue weighted by Crippen LogP contribution is 1.94. The van der Waals surface area contributed by atoms with Gasteiger partial charge in [0.1, 0.15) is 0 Å². The summed E-state index contributed by atoms with van der Waals surface area (Å²) in [6.07, 6.45) is 8.64. The first-order valence-corrected chi connectivity index (χ1v) is 4.82. The molecule has 0 saturated carbocycles. The Hall–Kier alpha value is -0.330. The Bertz CT molecular complexity index is 150. The zero-order valence-corrected chi connectivity index (χ0v) is 7.20. The van der Waals surface area contributed by atoms with Crippen molar-refractivity contribution in [2.24, 2.45) is 0 Å². The lowest BCUT2D eigenvalue weighted by Gasteiger charge is -2.07. The topological polar surface area (TPSA) is 29.1 Å². The van der Waals surface area contributed by atoms with Crippen molar-refractivity contribution in [2.75, 3.05) is 6.26 Å². The van der Waals surface area contributed by atoms with E-state index >= 15 is 0 Å². The SMILES string of the molecule is C#CC(CCC)NS(C)=O. The van der Waals surface area contributed by atoms with Crippen LogP contribution < -0.4 is 4.72 Å². The summed E-state index contributed by atoms with van der Waals surface area (Å²) in [7, 11) is -0.990. The molecule has 0 saturated heterocycles. The molecule has 10 heavy (non-hydrogen) atoms. The van der Waals surface area contributed by atoms with Crippen LogP contribution in [0.2, 0.25) is 0 Å². The minimum atomic E-state index is -0.990. The second-order valence-electron chi connectivity index (χ2n) is 2.08. The first kappa shape index (κ1) is 9.67. The summed E-state index contributed by atoms with van der Waals surface area (Å²) < 4.78 is 13.4. The molecule has 3 heteroatoms. The van der Waals surface area contributed by atoms with Crippen molar-refractivity contribution in [1.29, 1.82) is 0 Å². The Morgan fingerprint density at radius 1 is 1.80 bits per heavy atom. The molecule has 0 amide bonds. The molecule has 0 aromatic carbocycles. The lowest BCUT2D eigenvalue weighted by Crippen LogP contribution is -2.28. The minimum Gasteiger partial charge on any atom is -0.243 e. The molecule has 0 rings (SSSR count). The third kappa shape index (κ3) is 4.54. The fourth-order valence-corrected chi connectivity index (χ4v) is 1.25. The highest BCUT2D eigenvalue weighted by atomic mass is 32.2. The van der Waals surface area contributed by atoms with Crippen LogP contribution >= 0.6 is 0 Å². The van der Waals surface area contributed by atoms with Gasteiger partial charge in [0.2, 0.25) is 0 Å². The molecule has 1 N–H and O–H groups in total. The lowest BCUT2D eigenvalue weighted by molar-refractivity contribution is 0.641. The molecule has 0 bridgehead atoms. The second-order valence-corrected chi connectivity index (χ2v) is 3.22. The summed E-state index contributed by atoms with van der Waals surface area (Å²) in [4.78, 5) is 0. The Labute approximate surface area is 65.0 Å². The molecule has 0 aromatic rings. The van der Waals surface area contributed by atoms with Crippen LogP contribution in [0.4, 0.5) is 0 Å². The third-order valence-electron chi connectivity index (χ3n) is 1.09. The van der Waals surface area contributed by atoms with Gasteiger partial charge in [-0.05, 0) is 6.42 Å². The third-order valence-corrected chi connectivity index (χ3v) is 1.70. The van der Waals surface area contributed by atoms with E-state index in [0.717, 1.165) is 12.8 Å². The van der Waals surface area contributed by atoms with Gasteiger partial charge in [-0.15, -0.1) is 6.42 Å². The van der Waals surface area contributed by atoms with Gasteiger partial charge in [0.05, 0.1) is 17.0 Å². The van der Waals surface area contributed by atoms with Gasteiger partial charge in [-0.2, -0.15) is 0 Å². The molecule has 0 spiro atoms. The van der Waals surface area contributed by atoms with Crippen molar-refractivity contribution >= 4 is 11.0 Å². The molecule has 2 atom stereocenters. The van der Waals surface area contributed by atoms with Crippen molar-refractivity contribution in [1.82, 2.24) is 4.72 Å². The van der Waals surface area contributed by atoms with Crippen LogP contribution in [0.25, 0.3) is 0 Å². The van der Waals surface area contributed by atoms with Crippen molar-refractivity contribution in [3.05, 3.63) is 0 Å². The maximum atomic E-state index is 10.6. The van der Waals surface area contributed by atoms with Gasteiger partial charge in [-0.1, -0.05) is 19.3 Å². The number of nitrogens with one attached hydrogen (secondary N) is 1. The van der Waals surface area contributed by atoms with Crippen molar-refractivity contribution in [3.63, 3.8) is 0 Å². The first-order valence-electron chi connectivity index (χ1n) is 3.26. The zero-order valence-electron chi connectivity index (χ0n) is 6.39. The zero-order chi connectivity index (χ0) is 7.98. The van der Waals surface area contributed by atoms with Crippen LogP contribution in [-0.2, 0) is 11.0 Å². The van der Waals surface area contributed by atoms with Gasteiger partial charge >= 0.3 is 0 Å². The van der Waals surface area contributed by atoms with Gasteiger partial charge in [0, 0.05) is 6.26 Å². The van der Waals surface area contributed by atoms with Gasteiger partial charge in [0.15, 0.2) is 0 Å². The molecule has 0 heterocycles. The molecule has 0 radical (unpaired) electrons. The number of rotatable bonds is 4. The number of hydrogen-bond acceptors (Lipinski definition) is 1. The minimum absolute atomic E-state index is 0.0316. The fraction of sp³-hybridized carbons (Fsp3) is 0.714. The van der Waals surface area contributed by atoms with E-state index in [-0.39, 0.29) is 6.04 Å². The van der Waals surface area contributed by atoms with Crippen LogP contribution in [0.3, 0.4) is 0 Å². The molecule has 58 valence electrons.